The molecule has 0 amide bonds. The van der Waals surface area contributed by atoms with Gasteiger partial charge in [0.15, 0.2) is 11.5 Å². The van der Waals surface area contributed by atoms with E-state index in [-0.39, 0.29) is 22.3 Å². The largest absolute Gasteiger partial charge is 0.496 e. The number of anilines is 1. The first kappa shape index (κ1) is 24.2. The average Bonchev–Trinajstić information content (AvgIpc) is 3.27. The highest BCUT2D eigenvalue weighted by molar-refractivity contribution is 6.31. The van der Waals surface area contributed by atoms with E-state index in [0.717, 1.165) is 16.8 Å². The lowest BCUT2D eigenvalue weighted by molar-refractivity contribution is 0.0689. The third kappa shape index (κ3) is 3.70. The summed E-state index contributed by atoms with van der Waals surface area (Å²) < 4.78 is 22.3. The van der Waals surface area contributed by atoms with Crippen LogP contribution in [-0.4, -0.2) is 27.7 Å². The van der Waals surface area contributed by atoms with Gasteiger partial charge < -0.3 is 15.2 Å². The van der Waals surface area contributed by atoms with Gasteiger partial charge in [0.05, 0.1) is 35.1 Å². The van der Waals surface area contributed by atoms with Gasteiger partial charge in [-0.15, -0.1) is 0 Å². The molecular formula is C27H22Cl2FN3O3. The lowest BCUT2D eigenvalue weighted by Crippen LogP contribution is -2.29. The molecule has 0 fully saturated rings. The number of aromatic carboxylic acids is 1. The average molecular weight is 526 g/mol. The minimum absolute atomic E-state index is 0.0432. The Morgan fingerprint density at radius 3 is 2.64 bits per heavy atom. The number of nitrogens with zero attached hydrogens (tertiary/aromatic N) is 2. The minimum Gasteiger partial charge on any atom is -0.496 e. The van der Waals surface area contributed by atoms with Crippen molar-refractivity contribution in [1.82, 2.24) is 9.55 Å². The molecule has 2 heterocycles. The number of para-hydroxylation sites is 1. The number of methoxy groups -OCH3 is 1. The number of aromatic nitrogens is 2. The maximum Gasteiger partial charge on any atom is 0.356 e. The van der Waals surface area contributed by atoms with Gasteiger partial charge in [0.2, 0.25) is 0 Å². The molecule has 0 bridgehead atoms. The molecule has 1 aliphatic carbocycles. The van der Waals surface area contributed by atoms with E-state index in [1.807, 2.05) is 38.1 Å². The van der Waals surface area contributed by atoms with Crippen LogP contribution in [0.3, 0.4) is 0 Å². The molecule has 184 valence electrons. The molecular weight excluding hydrogens is 504 g/mol. The zero-order valence-corrected chi connectivity index (χ0v) is 21.2. The number of carboxylic acids is 1. The van der Waals surface area contributed by atoms with E-state index in [0.29, 0.717) is 27.9 Å². The van der Waals surface area contributed by atoms with Crippen LogP contribution in [-0.2, 0) is 0 Å². The fourth-order valence-corrected chi connectivity index (χ4v) is 5.30. The Hall–Kier alpha value is -3.55. The van der Waals surface area contributed by atoms with Gasteiger partial charge in [-0.05, 0) is 48.4 Å². The van der Waals surface area contributed by atoms with Gasteiger partial charge >= 0.3 is 5.97 Å². The second-order valence-corrected chi connectivity index (χ2v) is 9.43. The number of carboxylic acid groups (broad SMARTS) is 1. The molecule has 36 heavy (non-hydrogen) atoms. The molecule has 3 aromatic rings. The lowest BCUT2D eigenvalue weighted by atomic mass is 9.80. The first-order valence-electron chi connectivity index (χ1n) is 11.2. The summed E-state index contributed by atoms with van der Waals surface area (Å²) in [6, 6.07) is 11.2. The summed E-state index contributed by atoms with van der Waals surface area (Å²) in [5.41, 5.74) is 3.45. The molecule has 2 aromatic carbocycles. The van der Waals surface area contributed by atoms with Crippen LogP contribution in [0.4, 0.5) is 10.1 Å². The Labute approximate surface area is 217 Å². The number of halogens is 3. The van der Waals surface area contributed by atoms with Crippen LogP contribution in [0, 0.1) is 11.7 Å². The molecule has 2 unspecified atom stereocenters. The van der Waals surface area contributed by atoms with Crippen molar-refractivity contribution >= 4 is 40.6 Å². The van der Waals surface area contributed by atoms with Crippen molar-refractivity contribution in [2.75, 3.05) is 12.4 Å². The van der Waals surface area contributed by atoms with Crippen LogP contribution >= 0.6 is 23.2 Å². The fourth-order valence-electron chi connectivity index (χ4n) is 4.96. The number of hydrogen-bond donors (Lipinski definition) is 2. The van der Waals surface area contributed by atoms with Crippen molar-refractivity contribution in [3.05, 3.63) is 93.0 Å². The molecule has 1 aromatic heterocycles. The van der Waals surface area contributed by atoms with Crippen molar-refractivity contribution in [2.24, 2.45) is 5.92 Å². The molecule has 9 heteroatoms. The number of carbonyl (C=O) groups is 1. The summed E-state index contributed by atoms with van der Waals surface area (Å²) in [5.74, 6) is -1.05. The topological polar surface area (TPSA) is 76.4 Å². The smallest absolute Gasteiger partial charge is 0.356 e. The highest BCUT2D eigenvalue weighted by Gasteiger charge is 2.40. The van der Waals surface area contributed by atoms with E-state index in [9.17, 15) is 14.3 Å². The summed E-state index contributed by atoms with van der Waals surface area (Å²) >= 11 is 12.6. The molecule has 0 saturated heterocycles. The normalized spacial score (nSPS) is 18.7. The van der Waals surface area contributed by atoms with Gasteiger partial charge in [-0.3, -0.25) is 4.57 Å². The number of hydrogen-bond acceptors (Lipinski definition) is 4. The first-order chi connectivity index (χ1) is 17.2. The zero-order chi connectivity index (χ0) is 25.7. The van der Waals surface area contributed by atoms with E-state index in [2.05, 4.69) is 10.3 Å². The van der Waals surface area contributed by atoms with E-state index in [4.69, 9.17) is 27.9 Å². The summed E-state index contributed by atoms with van der Waals surface area (Å²) in [5, 5.41) is 14.0. The molecule has 0 radical (unpaired) electrons. The molecule has 0 saturated carbocycles. The van der Waals surface area contributed by atoms with Crippen molar-refractivity contribution in [2.45, 2.75) is 19.9 Å². The number of fused-ring (bicyclic) bond motifs is 2. The molecule has 6 nitrogen and oxygen atoms in total. The Bertz CT molecular complexity index is 1510. The second-order valence-electron chi connectivity index (χ2n) is 8.58. The van der Waals surface area contributed by atoms with Gasteiger partial charge in [-0.2, -0.15) is 0 Å². The molecule has 2 N–H and O–H groups in total. The number of imidazole rings is 1. The van der Waals surface area contributed by atoms with Crippen LogP contribution in [0.5, 0.6) is 5.75 Å². The summed E-state index contributed by atoms with van der Waals surface area (Å²) in [4.78, 5) is 17.0. The maximum atomic E-state index is 15.0. The van der Waals surface area contributed by atoms with Gasteiger partial charge in [0, 0.05) is 16.6 Å². The highest BCUT2D eigenvalue weighted by atomic mass is 35.5. The second kappa shape index (κ2) is 9.15. The van der Waals surface area contributed by atoms with Crippen LogP contribution < -0.4 is 10.1 Å². The van der Waals surface area contributed by atoms with Crippen molar-refractivity contribution in [3.63, 3.8) is 0 Å². The number of ether oxygens (including phenoxy) is 1. The summed E-state index contributed by atoms with van der Waals surface area (Å²) in [6.45, 7) is 3.88. The molecule has 0 spiro atoms. The number of rotatable bonds is 5. The van der Waals surface area contributed by atoms with Gasteiger partial charge in [0.25, 0.3) is 0 Å². The lowest BCUT2D eigenvalue weighted by Gasteiger charge is -2.37. The van der Waals surface area contributed by atoms with Gasteiger partial charge in [0.1, 0.15) is 11.6 Å². The quantitative estimate of drug-likeness (QED) is 0.370. The van der Waals surface area contributed by atoms with Gasteiger partial charge in [-0.25, -0.2) is 14.2 Å². The zero-order valence-electron chi connectivity index (χ0n) is 19.6. The Balaban J connectivity index is 1.84. The SMILES string of the molecule is COc1ccccc1-c1nc(C(=O)O)c2n1C(C)=C1C(=CC=C(Cl)C1C)C2Nc1cccc(Cl)c1F. The van der Waals surface area contributed by atoms with Crippen LogP contribution in [0.25, 0.3) is 17.1 Å². The Morgan fingerprint density at radius 1 is 1.17 bits per heavy atom. The van der Waals surface area contributed by atoms with E-state index in [1.165, 1.54) is 6.07 Å². The van der Waals surface area contributed by atoms with E-state index in [1.54, 1.807) is 36.0 Å². The van der Waals surface area contributed by atoms with Crippen LogP contribution in [0.2, 0.25) is 5.02 Å². The Kier molecular flexibility index (Phi) is 6.14. The standard InChI is InChI=1S/C27H22Cl2FN3O3/c1-13-17(28)12-11-16-21(13)14(2)33-25(23(16)31-19-9-6-8-18(29)22(19)30)24(27(34)35)32-26(33)15-7-4-5-10-20(15)36-3/h4-13,23,31H,1-3H3,(H,34,35). The molecule has 5 rings (SSSR count). The van der Waals surface area contributed by atoms with Crippen LogP contribution in [0.15, 0.2) is 70.8 Å². The molecule has 1 aliphatic heterocycles. The Morgan fingerprint density at radius 2 is 1.92 bits per heavy atom. The highest BCUT2D eigenvalue weighted by Crippen LogP contribution is 2.49. The predicted octanol–water partition coefficient (Wildman–Crippen LogP) is 7.15. The third-order valence-corrected chi connectivity index (χ3v) is 7.35. The van der Waals surface area contributed by atoms with Crippen LogP contribution in [0.1, 0.15) is 36.1 Å². The third-order valence-electron chi connectivity index (χ3n) is 6.60. The van der Waals surface area contributed by atoms with E-state index < -0.39 is 17.8 Å². The summed E-state index contributed by atoms with van der Waals surface area (Å²) in [7, 11) is 1.54. The van der Waals surface area contributed by atoms with E-state index >= 15 is 0 Å². The van der Waals surface area contributed by atoms with Crippen molar-refractivity contribution in [1.29, 1.82) is 0 Å². The molecule has 2 atom stereocenters. The monoisotopic (exact) mass is 525 g/mol. The maximum absolute atomic E-state index is 15.0. The minimum atomic E-state index is -1.20. The van der Waals surface area contributed by atoms with Crippen molar-refractivity contribution in [3.8, 4) is 17.1 Å². The number of benzene rings is 2. The molecule has 2 aliphatic rings. The predicted molar refractivity (Wildman–Crippen MR) is 139 cm³/mol. The fraction of sp³-hybridized carbons (Fsp3) is 0.185. The number of allylic oxidation sites excluding steroid dienone is 4. The van der Waals surface area contributed by atoms with Gasteiger partial charge in [-0.1, -0.05) is 54.4 Å². The summed E-state index contributed by atoms with van der Waals surface area (Å²) in [6.07, 6.45) is 3.63. The first-order valence-corrected chi connectivity index (χ1v) is 12.0. The number of nitrogens with one attached hydrogen (secondary N) is 1. The van der Waals surface area contributed by atoms with Crippen molar-refractivity contribution < 1.29 is 19.0 Å².